The Bertz CT molecular complexity index is 662. The van der Waals surface area contributed by atoms with Gasteiger partial charge in [0.05, 0.1) is 12.5 Å². The first kappa shape index (κ1) is 21.3. The Kier molecular flexibility index (Phi) is 8.03. The van der Waals surface area contributed by atoms with Crippen molar-refractivity contribution < 1.29 is 9.53 Å². The van der Waals surface area contributed by atoms with E-state index in [0.717, 1.165) is 70.6 Å². The maximum atomic E-state index is 12.1. The van der Waals surface area contributed by atoms with Crippen molar-refractivity contribution in [3.63, 3.8) is 0 Å². The second-order valence-electron chi connectivity index (χ2n) is 7.39. The molecule has 29 heavy (non-hydrogen) atoms. The summed E-state index contributed by atoms with van der Waals surface area (Å²) in [6.07, 6.45) is 5.45. The van der Waals surface area contributed by atoms with Crippen molar-refractivity contribution >= 4 is 17.9 Å². The zero-order valence-corrected chi connectivity index (χ0v) is 17.6. The van der Waals surface area contributed by atoms with E-state index in [0.29, 0.717) is 13.2 Å². The molecule has 9 heteroatoms. The fourth-order valence-corrected chi connectivity index (χ4v) is 3.91. The Morgan fingerprint density at radius 3 is 2.69 bits per heavy atom. The lowest BCUT2D eigenvalue weighted by Gasteiger charge is -2.36. The zero-order valence-electron chi connectivity index (χ0n) is 17.6. The van der Waals surface area contributed by atoms with Gasteiger partial charge in [-0.2, -0.15) is 0 Å². The second-order valence-corrected chi connectivity index (χ2v) is 7.39. The number of carbonyl (C=O) groups excluding carboxylic acids is 1. The number of anilines is 1. The van der Waals surface area contributed by atoms with E-state index in [1.807, 2.05) is 13.0 Å². The van der Waals surface area contributed by atoms with E-state index >= 15 is 0 Å². The van der Waals surface area contributed by atoms with Crippen LogP contribution in [0.5, 0.6) is 0 Å². The number of nitrogens with one attached hydrogen (secondary N) is 1. The molecular weight excluding hydrogens is 370 g/mol. The van der Waals surface area contributed by atoms with Crippen molar-refractivity contribution in [3.05, 3.63) is 18.5 Å². The van der Waals surface area contributed by atoms with E-state index in [9.17, 15) is 4.79 Å². The molecule has 2 aliphatic heterocycles. The van der Waals surface area contributed by atoms with Gasteiger partial charge in [0.25, 0.3) is 0 Å². The monoisotopic (exact) mass is 403 g/mol. The van der Waals surface area contributed by atoms with Crippen molar-refractivity contribution in [1.29, 1.82) is 0 Å². The van der Waals surface area contributed by atoms with Crippen LogP contribution in [-0.2, 0) is 9.53 Å². The van der Waals surface area contributed by atoms with Crippen LogP contribution in [0.15, 0.2) is 23.5 Å². The summed E-state index contributed by atoms with van der Waals surface area (Å²) >= 11 is 0. The van der Waals surface area contributed by atoms with E-state index in [-0.39, 0.29) is 11.9 Å². The van der Waals surface area contributed by atoms with Gasteiger partial charge in [-0.25, -0.2) is 9.97 Å². The first-order valence-corrected chi connectivity index (χ1v) is 10.6. The number of aliphatic imine (C=N–C) groups is 1. The van der Waals surface area contributed by atoms with Crippen LogP contribution in [0, 0.1) is 5.92 Å². The van der Waals surface area contributed by atoms with Gasteiger partial charge >= 0.3 is 5.97 Å². The highest BCUT2D eigenvalue weighted by atomic mass is 16.5. The van der Waals surface area contributed by atoms with Gasteiger partial charge in [-0.15, -0.1) is 0 Å². The topological polar surface area (TPSA) is 86.2 Å². The zero-order chi connectivity index (χ0) is 20.5. The molecule has 0 aromatic carbocycles. The Morgan fingerprint density at radius 1 is 1.24 bits per heavy atom. The third kappa shape index (κ3) is 6.03. The van der Waals surface area contributed by atoms with Crippen molar-refractivity contribution in [2.45, 2.75) is 19.8 Å². The van der Waals surface area contributed by atoms with Crippen molar-refractivity contribution in [3.8, 4) is 0 Å². The molecule has 0 amide bonds. The molecule has 1 atom stereocenters. The number of carbonyl (C=O) groups is 1. The summed E-state index contributed by atoms with van der Waals surface area (Å²) < 4.78 is 5.20. The van der Waals surface area contributed by atoms with Crippen LogP contribution in [0.4, 0.5) is 5.95 Å². The third-order valence-electron chi connectivity index (χ3n) is 5.47. The Hall–Kier alpha value is -2.42. The van der Waals surface area contributed by atoms with E-state index in [1.54, 1.807) is 19.4 Å². The summed E-state index contributed by atoms with van der Waals surface area (Å²) in [6, 6.07) is 1.84. The molecule has 3 heterocycles. The standard InChI is InChI=1S/C20H33N7O2/c1-3-29-18(28)17-6-4-10-27(16-17)19(21-2)24-9-11-25-12-14-26(15-13-25)20-22-7-5-8-23-20/h5,7-8,17H,3-4,6,9-16H2,1-2H3,(H,21,24). The van der Waals surface area contributed by atoms with Crippen LogP contribution < -0.4 is 10.2 Å². The number of rotatable bonds is 6. The van der Waals surface area contributed by atoms with Gasteiger partial charge in [0.2, 0.25) is 5.95 Å². The summed E-state index contributed by atoms with van der Waals surface area (Å²) in [5, 5.41) is 3.46. The van der Waals surface area contributed by atoms with Crippen LogP contribution in [0.1, 0.15) is 19.8 Å². The molecule has 2 fully saturated rings. The normalized spacial score (nSPS) is 21.2. The number of guanidine groups is 1. The molecular formula is C20H33N7O2. The second kappa shape index (κ2) is 10.9. The van der Waals surface area contributed by atoms with Gasteiger partial charge in [-0.05, 0) is 25.8 Å². The van der Waals surface area contributed by atoms with Crippen LogP contribution >= 0.6 is 0 Å². The molecule has 0 saturated carbocycles. The van der Waals surface area contributed by atoms with E-state index < -0.39 is 0 Å². The maximum Gasteiger partial charge on any atom is 0.310 e. The number of aromatic nitrogens is 2. The summed E-state index contributed by atoms with van der Waals surface area (Å²) in [5.41, 5.74) is 0. The van der Waals surface area contributed by atoms with Crippen molar-refractivity contribution in [1.82, 2.24) is 25.1 Å². The Morgan fingerprint density at radius 2 is 2.00 bits per heavy atom. The predicted octanol–water partition coefficient (Wildman–Crippen LogP) is 0.449. The number of esters is 1. The molecule has 3 rings (SSSR count). The molecule has 0 bridgehead atoms. The fraction of sp³-hybridized carbons (Fsp3) is 0.700. The molecule has 0 spiro atoms. The summed E-state index contributed by atoms with van der Waals surface area (Å²) in [5.74, 6) is 1.53. The number of piperidine rings is 1. The largest absolute Gasteiger partial charge is 0.466 e. The number of piperazine rings is 1. The fourth-order valence-electron chi connectivity index (χ4n) is 3.91. The van der Waals surface area contributed by atoms with Crippen LogP contribution in [0.3, 0.4) is 0 Å². The Balaban J connectivity index is 1.39. The van der Waals surface area contributed by atoms with Gasteiger partial charge in [-0.3, -0.25) is 14.7 Å². The Labute approximate surface area is 173 Å². The third-order valence-corrected chi connectivity index (χ3v) is 5.47. The molecule has 1 aromatic heterocycles. The van der Waals surface area contributed by atoms with Gasteiger partial charge in [0.15, 0.2) is 5.96 Å². The van der Waals surface area contributed by atoms with Crippen LogP contribution in [0.2, 0.25) is 0 Å². The minimum absolute atomic E-state index is 0.0597. The highest BCUT2D eigenvalue weighted by molar-refractivity contribution is 5.81. The first-order valence-electron chi connectivity index (χ1n) is 10.6. The molecule has 1 aromatic rings. The number of likely N-dealkylation sites (tertiary alicyclic amines) is 1. The number of hydrogen-bond acceptors (Lipinski definition) is 7. The molecule has 0 radical (unpaired) electrons. The summed E-state index contributed by atoms with van der Waals surface area (Å²) in [6.45, 7) is 9.53. The molecule has 160 valence electrons. The van der Waals surface area contributed by atoms with Gasteiger partial charge < -0.3 is 19.9 Å². The molecule has 9 nitrogen and oxygen atoms in total. The molecule has 0 aliphatic carbocycles. The summed E-state index contributed by atoms with van der Waals surface area (Å²) in [4.78, 5) is 32.0. The summed E-state index contributed by atoms with van der Waals surface area (Å²) in [7, 11) is 1.80. The van der Waals surface area contributed by atoms with Gasteiger partial charge in [-0.1, -0.05) is 0 Å². The number of nitrogens with zero attached hydrogens (tertiary/aromatic N) is 6. The van der Waals surface area contributed by atoms with Gasteiger partial charge in [0, 0.05) is 71.8 Å². The van der Waals surface area contributed by atoms with E-state index in [2.05, 4.69) is 35.0 Å². The quantitative estimate of drug-likeness (QED) is 0.416. The average Bonchev–Trinajstić information content (AvgIpc) is 2.78. The van der Waals surface area contributed by atoms with E-state index in [4.69, 9.17) is 4.74 Å². The lowest BCUT2D eigenvalue weighted by Crippen LogP contribution is -2.51. The highest BCUT2D eigenvalue weighted by Crippen LogP contribution is 2.18. The minimum Gasteiger partial charge on any atom is -0.466 e. The molecule has 1 N–H and O–H groups in total. The van der Waals surface area contributed by atoms with E-state index in [1.165, 1.54) is 0 Å². The lowest BCUT2D eigenvalue weighted by molar-refractivity contribution is -0.149. The minimum atomic E-state index is -0.0899. The number of ether oxygens (including phenoxy) is 1. The van der Waals surface area contributed by atoms with Crippen LogP contribution in [-0.4, -0.2) is 97.7 Å². The molecule has 2 saturated heterocycles. The maximum absolute atomic E-state index is 12.1. The average molecular weight is 404 g/mol. The smallest absolute Gasteiger partial charge is 0.310 e. The van der Waals surface area contributed by atoms with Crippen molar-refractivity contribution in [2.75, 3.05) is 70.9 Å². The van der Waals surface area contributed by atoms with Gasteiger partial charge in [0.1, 0.15) is 0 Å². The highest BCUT2D eigenvalue weighted by Gasteiger charge is 2.28. The lowest BCUT2D eigenvalue weighted by atomic mass is 9.98. The van der Waals surface area contributed by atoms with Crippen molar-refractivity contribution in [2.24, 2.45) is 10.9 Å². The van der Waals surface area contributed by atoms with Crippen LogP contribution in [0.25, 0.3) is 0 Å². The SMILES string of the molecule is CCOC(=O)C1CCCN(C(=NC)NCCN2CCN(c3ncccn3)CC2)C1. The first-order chi connectivity index (χ1) is 14.2. The number of hydrogen-bond donors (Lipinski definition) is 1. The predicted molar refractivity (Wildman–Crippen MR) is 113 cm³/mol. The molecule has 1 unspecified atom stereocenters. The molecule has 2 aliphatic rings.